The van der Waals surface area contributed by atoms with E-state index in [9.17, 15) is 4.79 Å². The van der Waals surface area contributed by atoms with Gasteiger partial charge in [-0.1, -0.05) is 0 Å². The van der Waals surface area contributed by atoms with Crippen molar-refractivity contribution < 1.29 is 13.6 Å². The number of nitrogens with one attached hydrogen (secondary N) is 1. The molecule has 1 aliphatic rings. The summed E-state index contributed by atoms with van der Waals surface area (Å²) in [7, 11) is 0. The van der Waals surface area contributed by atoms with Gasteiger partial charge in [0.15, 0.2) is 0 Å². The minimum atomic E-state index is 0.0588. The van der Waals surface area contributed by atoms with Crippen LogP contribution in [0.5, 0.6) is 0 Å². The van der Waals surface area contributed by atoms with Gasteiger partial charge in [-0.3, -0.25) is 4.79 Å². The Morgan fingerprint density at radius 3 is 2.24 bits per heavy atom. The van der Waals surface area contributed by atoms with Crippen molar-refractivity contribution in [3.8, 4) is 0 Å². The van der Waals surface area contributed by atoms with Gasteiger partial charge in [-0.2, -0.15) is 0 Å². The maximum atomic E-state index is 12.4. The lowest BCUT2D eigenvalue weighted by atomic mass is 10.3. The van der Waals surface area contributed by atoms with Gasteiger partial charge >= 0.3 is 0 Å². The monoisotopic (exact) mass is 288 g/mol. The molecule has 0 radical (unpaired) electrons. The van der Waals surface area contributed by atoms with Crippen molar-refractivity contribution in [3.05, 3.63) is 48.3 Å². The molecule has 1 N–H and O–H groups in total. The number of nitrogens with zero attached hydrogens (tertiary/aromatic N) is 1. The lowest BCUT2D eigenvalue weighted by Gasteiger charge is -2.21. The Morgan fingerprint density at radius 2 is 1.76 bits per heavy atom. The molecule has 5 nitrogen and oxygen atoms in total. The summed E-state index contributed by atoms with van der Waals surface area (Å²) in [5.41, 5.74) is 0. The molecule has 21 heavy (non-hydrogen) atoms. The molecule has 1 amide bonds. The average molecular weight is 288 g/mol. The maximum absolute atomic E-state index is 12.4. The first-order valence-corrected chi connectivity index (χ1v) is 7.34. The van der Waals surface area contributed by atoms with E-state index in [0.717, 1.165) is 24.0 Å². The van der Waals surface area contributed by atoms with Gasteiger partial charge in [0.25, 0.3) is 0 Å². The van der Waals surface area contributed by atoms with E-state index in [-0.39, 0.29) is 5.91 Å². The zero-order valence-electron chi connectivity index (χ0n) is 12.0. The SMILES string of the molecule is O=C(CNCC1CC1)N(Cc1ccco1)Cc1ccco1. The fraction of sp³-hybridized carbons (Fsp3) is 0.438. The van der Waals surface area contributed by atoms with E-state index in [2.05, 4.69) is 5.32 Å². The van der Waals surface area contributed by atoms with E-state index < -0.39 is 0 Å². The summed E-state index contributed by atoms with van der Waals surface area (Å²) >= 11 is 0. The first-order chi connectivity index (χ1) is 10.3. The average Bonchev–Trinajstić information content (AvgIpc) is 2.94. The van der Waals surface area contributed by atoms with Gasteiger partial charge in [0, 0.05) is 0 Å². The molecule has 2 heterocycles. The molecule has 2 aromatic rings. The molecule has 112 valence electrons. The van der Waals surface area contributed by atoms with Gasteiger partial charge in [-0.15, -0.1) is 0 Å². The van der Waals surface area contributed by atoms with Crippen molar-refractivity contribution >= 4 is 5.91 Å². The van der Waals surface area contributed by atoms with Crippen molar-refractivity contribution in [2.24, 2.45) is 5.92 Å². The van der Waals surface area contributed by atoms with Crippen LogP contribution >= 0.6 is 0 Å². The summed E-state index contributed by atoms with van der Waals surface area (Å²) in [4.78, 5) is 14.1. The first-order valence-electron chi connectivity index (χ1n) is 7.34. The van der Waals surface area contributed by atoms with E-state index in [4.69, 9.17) is 8.83 Å². The minimum absolute atomic E-state index is 0.0588. The van der Waals surface area contributed by atoms with E-state index in [0.29, 0.717) is 19.6 Å². The second-order valence-electron chi connectivity index (χ2n) is 5.48. The highest BCUT2D eigenvalue weighted by molar-refractivity contribution is 5.78. The van der Waals surface area contributed by atoms with Crippen molar-refractivity contribution in [2.45, 2.75) is 25.9 Å². The van der Waals surface area contributed by atoms with Gasteiger partial charge in [-0.05, 0) is 49.6 Å². The molecule has 1 saturated carbocycles. The predicted molar refractivity (Wildman–Crippen MR) is 77.3 cm³/mol. The number of carbonyl (C=O) groups excluding carboxylic acids is 1. The van der Waals surface area contributed by atoms with Crippen molar-refractivity contribution in [1.82, 2.24) is 10.2 Å². The molecule has 0 spiro atoms. The van der Waals surface area contributed by atoms with Crippen molar-refractivity contribution in [3.63, 3.8) is 0 Å². The number of carbonyl (C=O) groups is 1. The molecule has 0 bridgehead atoms. The Hall–Kier alpha value is -2.01. The first kappa shape index (κ1) is 13.9. The molecular weight excluding hydrogens is 268 g/mol. The van der Waals surface area contributed by atoms with E-state index in [1.807, 2.05) is 24.3 Å². The highest BCUT2D eigenvalue weighted by Crippen LogP contribution is 2.27. The Morgan fingerprint density at radius 1 is 1.14 bits per heavy atom. The molecule has 3 rings (SSSR count). The van der Waals surface area contributed by atoms with Crippen LogP contribution in [-0.4, -0.2) is 23.9 Å². The predicted octanol–water partition coefficient (Wildman–Crippen LogP) is 2.40. The summed E-state index contributed by atoms with van der Waals surface area (Å²) in [6.07, 6.45) is 5.81. The van der Waals surface area contributed by atoms with Crippen molar-refractivity contribution in [1.29, 1.82) is 0 Å². The van der Waals surface area contributed by atoms with Crippen LogP contribution in [0.2, 0.25) is 0 Å². The van der Waals surface area contributed by atoms with E-state index >= 15 is 0 Å². The smallest absolute Gasteiger partial charge is 0.237 e. The Labute approximate surface area is 123 Å². The number of furan rings is 2. The van der Waals surface area contributed by atoms with Crippen molar-refractivity contribution in [2.75, 3.05) is 13.1 Å². The number of amides is 1. The third-order valence-electron chi connectivity index (χ3n) is 3.61. The number of hydrogen-bond acceptors (Lipinski definition) is 4. The van der Waals surface area contributed by atoms with Crippen LogP contribution in [0.3, 0.4) is 0 Å². The third-order valence-corrected chi connectivity index (χ3v) is 3.61. The molecule has 5 heteroatoms. The molecule has 0 saturated heterocycles. The Balaban J connectivity index is 1.57. The number of hydrogen-bond donors (Lipinski definition) is 1. The summed E-state index contributed by atoms with van der Waals surface area (Å²) in [5, 5.41) is 3.23. The lowest BCUT2D eigenvalue weighted by molar-refractivity contribution is -0.132. The second kappa shape index (κ2) is 6.63. The van der Waals surface area contributed by atoms with Crippen LogP contribution < -0.4 is 5.32 Å². The standard InChI is InChI=1S/C16H20N2O3/c19-16(10-17-9-13-5-6-13)18(11-14-3-1-7-20-14)12-15-4-2-8-21-15/h1-4,7-8,13,17H,5-6,9-12H2. The van der Waals surface area contributed by atoms with Gasteiger partial charge < -0.3 is 19.1 Å². The summed E-state index contributed by atoms with van der Waals surface area (Å²) in [6, 6.07) is 7.41. The van der Waals surface area contributed by atoms with Crippen LogP contribution in [0.25, 0.3) is 0 Å². The molecular formula is C16H20N2O3. The molecule has 0 unspecified atom stereocenters. The Bertz CT molecular complexity index is 508. The van der Waals surface area contributed by atoms with Gasteiger partial charge in [-0.25, -0.2) is 0 Å². The molecule has 0 aromatic carbocycles. The van der Waals surface area contributed by atoms with Gasteiger partial charge in [0.1, 0.15) is 11.5 Å². The van der Waals surface area contributed by atoms with Crippen LogP contribution in [0.1, 0.15) is 24.4 Å². The summed E-state index contributed by atoms with van der Waals surface area (Å²) in [6.45, 7) is 2.20. The zero-order valence-corrected chi connectivity index (χ0v) is 12.0. The molecule has 1 fully saturated rings. The molecule has 1 aliphatic carbocycles. The van der Waals surface area contributed by atoms with Crippen LogP contribution in [0.15, 0.2) is 45.6 Å². The topological polar surface area (TPSA) is 58.6 Å². The van der Waals surface area contributed by atoms with Gasteiger partial charge in [0.2, 0.25) is 5.91 Å². The fourth-order valence-corrected chi connectivity index (χ4v) is 2.23. The quantitative estimate of drug-likeness (QED) is 0.810. The lowest BCUT2D eigenvalue weighted by Crippen LogP contribution is -2.37. The molecule has 0 atom stereocenters. The van der Waals surface area contributed by atoms with E-state index in [1.54, 1.807) is 17.4 Å². The van der Waals surface area contributed by atoms with Gasteiger partial charge in [0.05, 0.1) is 32.2 Å². The fourth-order valence-electron chi connectivity index (χ4n) is 2.23. The Kier molecular flexibility index (Phi) is 4.40. The second-order valence-corrected chi connectivity index (χ2v) is 5.48. The molecule has 0 aliphatic heterocycles. The zero-order chi connectivity index (χ0) is 14.5. The normalized spacial score (nSPS) is 14.3. The van der Waals surface area contributed by atoms with Crippen LogP contribution in [-0.2, 0) is 17.9 Å². The van der Waals surface area contributed by atoms with E-state index in [1.165, 1.54) is 12.8 Å². The maximum Gasteiger partial charge on any atom is 0.237 e. The summed E-state index contributed by atoms with van der Waals surface area (Å²) < 4.78 is 10.7. The third kappa shape index (κ3) is 4.23. The highest BCUT2D eigenvalue weighted by atomic mass is 16.3. The van der Waals surface area contributed by atoms with Crippen LogP contribution in [0, 0.1) is 5.92 Å². The largest absolute Gasteiger partial charge is 0.467 e. The number of rotatable bonds is 8. The minimum Gasteiger partial charge on any atom is -0.467 e. The highest BCUT2D eigenvalue weighted by Gasteiger charge is 2.22. The summed E-state index contributed by atoms with van der Waals surface area (Å²) in [5.74, 6) is 2.37. The molecule has 2 aromatic heterocycles. The van der Waals surface area contributed by atoms with Crippen LogP contribution in [0.4, 0.5) is 0 Å².